The van der Waals surface area contributed by atoms with Gasteiger partial charge in [-0.25, -0.2) is 8.78 Å². The Morgan fingerprint density at radius 2 is 1.72 bits per heavy atom. The molecule has 1 saturated carbocycles. The van der Waals surface area contributed by atoms with Gasteiger partial charge in [0.1, 0.15) is 23.5 Å². The summed E-state index contributed by atoms with van der Waals surface area (Å²) in [7, 11) is 0. The molecular weight excluding hydrogens is 500 g/mol. The molecule has 1 aliphatic carbocycles. The largest absolute Gasteiger partial charge is 0.490 e. The minimum Gasteiger partial charge on any atom is -0.490 e. The van der Waals surface area contributed by atoms with Crippen molar-refractivity contribution in [2.45, 2.75) is 56.4 Å². The fraction of sp³-hybridized carbons (Fsp3) is 0.375. The summed E-state index contributed by atoms with van der Waals surface area (Å²) in [4.78, 5) is 3.88. The van der Waals surface area contributed by atoms with Gasteiger partial charge in [-0.05, 0) is 54.1 Å². The molecule has 1 fully saturated rings. The molecule has 12 heteroatoms. The van der Waals surface area contributed by atoms with E-state index >= 15 is 0 Å². The van der Waals surface area contributed by atoms with Crippen LogP contribution in [0.2, 0.25) is 0 Å². The van der Waals surface area contributed by atoms with E-state index in [1.807, 2.05) is 0 Å². The molecule has 1 heterocycles. The molecule has 0 bridgehead atoms. The summed E-state index contributed by atoms with van der Waals surface area (Å²) >= 11 is 0. The van der Waals surface area contributed by atoms with E-state index in [0.717, 1.165) is 12.1 Å². The highest BCUT2D eigenvalue weighted by molar-refractivity contribution is 5.88. The van der Waals surface area contributed by atoms with Crippen molar-refractivity contribution in [1.82, 2.24) is 10.3 Å². The maximum atomic E-state index is 14.9. The zero-order chi connectivity index (χ0) is 26.3. The Bertz CT molecular complexity index is 1240. The van der Waals surface area contributed by atoms with Crippen LogP contribution in [0.1, 0.15) is 42.1 Å². The van der Waals surface area contributed by atoms with Gasteiger partial charge >= 0.3 is 12.4 Å². The predicted molar refractivity (Wildman–Crippen MR) is 113 cm³/mol. The fourth-order valence-corrected chi connectivity index (χ4v) is 4.16. The molecule has 4 rings (SSSR count). The molecule has 0 aliphatic heterocycles. The van der Waals surface area contributed by atoms with Gasteiger partial charge in [0.15, 0.2) is 0 Å². The van der Waals surface area contributed by atoms with Crippen molar-refractivity contribution < 1.29 is 45.0 Å². The van der Waals surface area contributed by atoms with Crippen molar-refractivity contribution >= 4 is 10.8 Å². The lowest BCUT2D eigenvalue weighted by atomic mass is 9.88. The molecule has 1 aromatic heterocycles. The van der Waals surface area contributed by atoms with Gasteiger partial charge in [0, 0.05) is 35.9 Å². The lowest BCUT2D eigenvalue weighted by molar-refractivity contribution is -0.154. The number of nitrogens with one attached hydrogen (secondary N) is 1. The third-order valence-electron chi connectivity index (χ3n) is 6.02. The van der Waals surface area contributed by atoms with Crippen LogP contribution in [0.5, 0.6) is 5.75 Å². The monoisotopic (exact) mass is 520 g/mol. The number of ether oxygens (including phenoxy) is 1. The third kappa shape index (κ3) is 5.86. The molecule has 4 nitrogen and oxygen atoms in total. The zero-order valence-corrected chi connectivity index (χ0v) is 18.4. The van der Waals surface area contributed by atoms with Crippen LogP contribution in [0, 0.1) is 11.6 Å². The van der Waals surface area contributed by atoms with E-state index < -0.39 is 48.2 Å². The first-order chi connectivity index (χ1) is 16.8. The van der Waals surface area contributed by atoms with Crippen molar-refractivity contribution in [3.8, 4) is 5.75 Å². The zero-order valence-electron chi connectivity index (χ0n) is 18.4. The number of alkyl halides is 6. The summed E-state index contributed by atoms with van der Waals surface area (Å²) in [6, 6.07) is 4.54. The Morgan fingerprint density at radius 3 is 2.39 bits per heavy atom. The Kier molecular flexibility index (Phi) is 7.11. The number of pyridine rings is 1. The van der Waals surface area contributed by atoms with Gasteiger partial charge < -0.3 is 15.2 Å². The Morgan fingerprint density at radius 1 is 1.00 bits per heavy atom. The molecule has 1 aliphatic rings. The molecule has 0 saturated heterocycles. The second-order valence-electron chi connectivity index (χ2n) is 8.61. The van der Waals surface area contributed by atoms with Crippen LogP contribution in [0.15, 0.2) is 42.7 Å². The van der Waals surface area contributed by atoms with E-state index in [-0.39, 0.29) is 34.8 Å². The predicted octanol–water partition coefficient (Wildman–Crippen LogP) is 6.22. The summed E-state index contributed by atoms with van der Waals surface area (Å²) in [6.45, 7) is 0.00808. The van der Waals surface area contributed by atoms with Gasteiger partial charge in [-0.3, -0.25) is 4.98 Å². The molecule has 36 heavy (non-hydrogen) atoms. The number of rotatable bonds is 7. The molecule has 0 amide bonds. The normalized spacial score (nSPS) is 19.2. The van der Waals surface area contributed by atoms with Gasteiger partial charge in [-0.1, -0.05) is 0 Å². The van der Waals surface area contributed by atoms with Crippen LogP contribution < -0.4 is 10.1 Å². The first kappa shape index (κ1) is 26.1. The number of benzene rings is 2. The van der Waals surface area contributed by atoms with Crippen LogP contribution in [0.4, 0.5) is 35.1 Å². The van der Waals surface area contributed by atoms with Crippen molar-refractivity contribution in [2.24, 2.45) is 0 Å². The number of nitrogens with zero attached hydrogens (tertiary/aromatic N) is 1. The molecule has 1 unspecified atom stereocenters. The Balaban J connectivity index is 1.41. The number of hydrogen-bond donors (Lipinski definition) is 2. The van der Waals surface area contributed by atoms with E-state index in [1.54, 1.807) is 0 Å². The van der Waals surface area contributed by atoms with E-state index in [4.69, 9.17) is 4.74 Å². The van der Waals surface area contributed by atoms with Gasteiger partial charge in [0.2, 0.25) is 0 Å². The smallest absolute Gasteiger partial charge is 0.419 e. The van der Waals surface area contributed by atoms with Gasteiger partial charge in [-0.15, -0.1) is 0 Å². The van der Waals surface area contributed by atoms with E-state index in [9.17, 15) is 40.2 Å². The van der Waals surface area contributed by atoms with Gasteiger partial charge in [0.25, 0.3) is 0 Å². The maximum Gasteiger partial charge on any atom is 0.419 e. The molecule has 2 aromatic carbocycles. The van der Waals surface area contributed by atoms with Crippen LogP contribution in [-0.2, 0) is 12.7 Å². The standard InChI is InChI=1S/C24H20F8N2O2/c25-20-2-1-13(7-19(20)24(30,31)32)36-14-5-12(6-14)34-11-18-15-3-4-33-10-17(15)16(8-21(18)26)22(35)9-23(27,28)29/h1-4,7-8,10,12,14,22,34-35H,5-6,9,11H2. The van der Waals surface area contributed by atoms with Crippen LogP contribution in [-0.4, -0.2) is 28.4 Å². The average Bonchev–Trinajstić information content (AvgIpc) is 2.75. The number of hydrogen-bond acceptors (Lipinski definition) is 4. The topological polar surface area (TPSA) is 54.4 Å². The van der Waals surface area contributed by atoms with E-state index in [0.29, 0.717) is 30.4 Å². The summed E-state index contributed by atoms with van der Waals surface area (Å²) in [6.07, 6.45) is -10.0. The van der Waals surface area contributed by atoms with E-state index in [2.05, 4.69) is 10.3 Å². The van der Waals surface area contributed by atoms with Crippen molar-refractivity contribution in [3.05, 3.63) is 71.1 Å². The molecule has 1 atom stereocenters. The second kappa shape index (κ2) is 9.81. The molecule has 2 N–H and O–H groups in total. The summed E-state index contributed by atoms with van der Waals surface area (Å²) < 4.78 is 111. The molecule has 194 valence electrons. The van der Waals surface area contributed by atoms with Gasteiger partial charge in [0.05, 0.1) is 18.1 Å². The first-order valence-electron chi connectivity index (χ1n) is 10.9. The van der Waals surface area contributed by atoms with Crippen molar-refractivity contribution in [1.29, 1.82) is 0 Å². The number of aromatic nitrogens is 1. The number of fused-ring (bicyclic) bond motifs is 1. The summed E-state index contributed by atoms with van der Waals surface area (Å²) in [5.41, 5.74) is -1.46. The number of aliphatic hydroxyl groups excluding tert-OH is 1. The summed E-state index contributed by atoms with van der Waals surface area (Å²) in [5.74, 6) is -2.32. The average molecular weight is 520 g/mol. The molecule has 0 spiro atoms. The molecule has 0 radical (unpaired) electrons. The Hall–Kier alpha value is -2.99. The highest BCUT2D eigenvalue weighted by Gasteiger charge is 2.36. The first-order valence-corrected chi connectivity index (χ1v) is 10.9. The van der Waals surface area contributed by atoms with Crippen molar-refractivity contribution in [3.63, 3.8) is 0 Å². The summed E-state index contributed by atoms with van der Waals surface area (Å²) in [5, 5.41) is 13.6. The van der Waals surface area contributed by atoms with Crippen LogP contribution in [0.3, 0.4) is 0 Å². The van der Waals surface area contributed by atoms with Gasteiger partial charge in [-0.2, -0.15) is 26.3 Å². The van der Waals surface area contributed by atoms with Crippen molar-refractivity contribution in [2.75, 3.05) is 0 Å². The number of halogens is 8. The Labute approximate surface area is 199 Å². The third-order valence-corrected chi connectivity index (χ3v) is 6.02. The highest BCUT2D eigenvalue weighted by Crippen LogP contribution is 2.37. The fourth-order valence-electron chi connectivity index (χ4n) is 4.16. The highest BCUT2D eigenvalue weighted by atomic mass is 19.4. The SMILES string of the molecule is OC(CC(F)(F)F)c1cc(F)c(CNC2CC(Oc3ccc(F)c(C(F)(F)F)c3)C2)c2ccncc12. The van der Waals surface area contributed by atoms with Crippen LogP contribution >= 0.6 is 0 Å². The quantitative estimate of drug-likeness (QED) is 0.364. The minimum absolute atomic E-state index is 0.00808. The molecule has 3 aromatic rings. The lowest BCUT2D eigenvalue weighted by Gasteiger charge is -2.36. The maximum absolute atomic E-state index is 14.9. The second-order valence-corrected chi connectivity index (χ2v) is 8.61. The minimum atomic E-state index is -4.85. The lowest BCUT2D eigenvalue weighted by Crippen LogP contribution is -2.46. The van der Waals surface area contributed by atoms with E-state index in [1.165, 1.54) is 18.5 Å². The number of aliphatic hydroxyl groups is 1. The molecular formula is C24H20F8N2O2. The van der Waals surface area contributed by atoms with Crippen LogP contribution in [0.25, 0.3) is 10.8 Å².